The highest BCUT2D eigenvalue weighted by Gasteiger charge is 2.34. The minimum Gasteiger partial charge on any atom is -0.335 e. The monoisotopic (exact) mass is 416 g/mol. The second kappa shape index (κ2) is 8.28. The van der Waals surface area contributed by atoms with E-state index in [1.54, 1.807) is 39.8 Å². The summed E-state index contributed by atoms with van der Waals surface area (Å²) in [7, 11) is -6.81. The largest absolute Gasteiger partial charge is 0.335 e. The first-order chi connectivity index (χ1) is 12.6. The topological polar surface area (TPSA) is 91.8 Å². The number of hydrogen-bond acceptors (Lipinski definition) is 5. The van der Waals surface area contributed by atoms with E-state index >= 15 is 0 Å². The van der Waals surface area contributed by atoms with Gasteiger partial charge >= 0.3 is 0 Å². The fourth-order valence-electron chi connectivity index (χ4n) is 3.47. The van der Waals surface area contributed by atoms with Gasteiger partial charge in [-0.15, -0.1) is 0 Å². The number of benzene rings is 1. The molecule has 0 radical (unpaired) electrons. The van der Waals surface area contributed by atoms with Crippen LogP contribution in [0.1, 0.15) is 43.1 Å². The van der Waals surface area contributed by atoms with Gasteiger partial charge in [-0.25, -0.2) is 16.8 Å². The molecule has 152 valence electrons. The average molecular weight is 417 g/mol. The molecule has 1 saturated heterocycles. The van der Waals surface area contributed by atoms with E-state index in [-0.39, 0.29) is 33.9 Å². The predicted octanol–water partition coefficient (Wildman–Crippen LogP) is 1.67. The molecule has 1 aliphatic rings. The summed E-state index contributed by atoms with van der Waals surface area (Å²) in [4.78, 5) is 14.6. The van der Waals surface area contributed by atoms with Crippen LogP contribution in [0, 0.1) is 6.92 Å². The molecule has 0 N–H and O–H groups in total. The maximum absolute atomic E-state index is 13.0. The van der Waals surface area contributed by atoms with Crippen molar-refractivity contribution in [2.24, 2.45) is 0 Å². The smallest absolute Gasteiger partial charge is 0.254 e. The molecule has 1 atom stereocenters. The van der Waals surface area contributed by atoms with E-state index in [2.05, 4.69) is 0 Å². The van der Waals surface area contributed by atoms with E-state index in [1.165, 1.54) is 15.3 Å². The number of aryl methyl sites for hydroxylation is 1. The zero-order valence-corrected chi connectivity index (χ0v) is 17.9. The molecule has 1 heterocycles. The van der Waals surface area contributed by atoms with Gasteiger partial charge in [0.2, 0.25) is 10.0 Å². The lowest BCUT2D eigenvalue weighted by atomic mass is 10.1. The quantitative estimate of drug-likeness (QED) is 0.674. The van der Waals surface area contributed by atoms with Crippen LogP contribution in [0.25, 0.3) is 0 Å². The van der Waals surface area contributed by atoms with Gasteiger partial charge in [-0.1, -0.05) is 19.9 Å². The zero-order chi connectivity index (χ0) is 20.4. The summed E-state index contributed by atoms with van der Waals surface area (Å²) in [6.07, 6.45) is 0.415. The first-order valence-corrected chi connectivity index (χ1v) is 12.5. The van der Waals surface area contributed by atoms with Crippen LogP contribution >= 0.6 is 0 Å². The van der Waals surface area contributed by atoms with Crippen molar-refractivity contribution in [2.45, 2.75) is 45.1 Å². The number of sulfonamides is 1. The Morgan fingerprint density at radius 2 is 1.78 bits per heavy atom. The third-order valence-corrected chi connectivity index (χ3v) is 8.95. The van der Waals surface area contributed by atoms with Crippen molar-refractivity contribution in [3.63, 3.8) is 0 Å². The molecule has 1 aromatic carbocycles. The van der Waals surface area contributed by atoms with Crippen LogP contribution in [0.2, 0.25) is 0 Å². The van der Waals surface area contributed by atoms with Crippen LogP contribution < -0.4 is 0 Å². The fourth-order valence-corrected chi connectivity index (χ4v) is 6.91. The van der Waals surface area contributed by atoms with Crippen LogP contribution in [-0.4, -0.2) is 69.1 Å². The molecule has 1 fully saturated rings. The van der Waals surface area contributed by atoms with Crippen molar-refractivity contribution in [1.29, 1.82) is 0 Å². The Bertz CT molecular complexity index is 906. The van der Waals surface area contributed by atoms with Gasteiger partial charge in [-0.3, -0.25) is 4.79 Å². The van der Waals surface area contributed by atoms with Crippen LogP contribution in [0.15, 0.2) is 23.1 Å². The van der Waals surface area contributed by atoms with Gasteiger partial charge in [0, 0.05) is 31.2 Å². The molecule has 1 aromatic rings. The van der Waals surface area contributed by atoms with Crippen molar-refractivity contribution in [2.75, 3.05) is 31.1 Å². The third kappa shape index (κ3) is 4.52. The van der Waals surface area contributed by atoms with E-state index in [0.717, 1.165) is 0 Å². The first kappa shape index (κ1) is 21.8. The molecule has 27 heavy (non-hydrogen) atoms. The van der Waals surface area contributed by atoms with Crippen molar-refractivity contribution in [1.82, 2.24) is 9.21 Å². The molecular weight excluding hydrogens is 388 g/mol. The number of carbonyl (C=O) groups is 1. The Morgan fingerprint density at radius 3 is 2.26 bits per heavy atom. The van der Waals surface area contributed by atoms with Gasteiger partial charge in [0.1, 0.15) is 0 Å². The average Bonchev–Trinajstić information content (AvgIpc) is 2.96. The van der Waals surface area contributed by atoms with E-state index in [4.69, 9.17) is 0 Å². The molecule has 2 rings (SSSR count). The van der Waals surface area contributed by atoms with Crippen molar-refractivity contribution < 1.29 is 21.6 Å². The summed E-state index contributed by atoms with van der Waals surface area (Å²) in [6, 6.07) is 4.28. The number of hydrogen-bond donors (Lipinski definition) is 0. The molecule has 9 heteroatoms. The lowest BCUT2D eigenvalue weighted by molar-refractivity contribution is 0.0708. The van der Waals surface area contributed by atoms with Gasteiger partial charge in [0.15, 0.2) is 9.84 Å². The second-order valence-corrected chi connectivity index (χ2v) is 10.9. The van der Waals surface area contributed by atoms with E-state index in [9.17, 15) is 21.6 Å². The number of nitrogens with zero attached hydrogens (tertiary/aromatic N) is 2. The SMILES string of the molecule is CCN(C(=O)c1ccc(C)c(S(=O)(=O)N(CC)CC)c1)[C@H]1CCS(=O)(=O)C1. The van der Waals surface area contributed by atoms with Crippen molar-refractivity contribution in [3.05, 3.63) is 29.3 Å². The molecular formula is C18H28N2O5S2. The fraction of sp³-hybridized carbons (Fsp3) is 0.611. The number of sulfone groups is 1. The normalized spacial score (nSPS) is 19.4. The van der Waals surface area contributed by atoms with Crippen LogP contribution in [-0.2, 0) is 19.9 Å². The second-order valence-electron chi connectivity index (χ2n) is 6.72. The van der Waals surface area contributed by atoms with E-state index < -0.39 is 19.9 Å². The maximum atomic E-state index is 13.0. The lowest BCUT2D eigenvalue weighted by Crippen LogP contribution is -2.41. The molecule has 7 nitrogen and oxygen atoms in total. The maximum Gasteiger partial charge on any atom is 0.254 e. The Morgan fingerprint density at radius 1 is 1.15 bits per heavy atom. The van der Waals surface area contributed by atoms with Gasteiger partial charge in [0.25, 0.3) is 5.91 Å². The first-order valence-electron chi connectivity index (χ1n) is 9.19. The number of rotatable bonds is 7. The number of amides is 1. The molecule has 1 aliphatic heterocycles. The molecule has 0 aliphatic carbocycles. The third-order valence-electron chi connectivity index (χ3n) is 5.01. The summed E-state index contributed by atoms with van der Waals surface area (Å²) in [5.74, 6) is -0.296. The Labute approximate surface area is 162 Å². The van der Waals surface area contributed by atoms with Crippen molar-refractivity contribution in [3.8, 4) is 0 Å². The zero-order valence-electron chi connectivity index (χ0n) is 16.3. The highest BCUT2D eigenvalue weighted by molar-refractivity contribution is 7.91. The highest BCUT2D eigenvalue weighted by Crippen LogP contribution is 2.24. The molecule has 0 unspecified atom stereocenters. The summed E-state index contributed by atoms with van der Waals surface area (Å²) in [5.41, 5.74) is 0.836. The van der Waals surface area contributed by atoms with Crippen LogP contribution in [0.4, 0.5) is 0 Å². The van der Waals surface area contributed by atoms with E-state index in [0.29, 0.717) is 31.6 Å². The molecule has 0 saturated carbocycles. The van der Waals surface area contributed by atoms with Gasteiger partial charge < -0.3 is 4.90 Å². The van der Waals surface area contributed by atoms with E-state index in [1.807, 2.05) is 0 Å². The summed E-state index contributed by atoms with van der Waals surface area (Å²) in [6.45, 7) is 8.09. The summed E-state index contributed by atoms with van der Waals surface area (Å²) < 4.78 is 50.7. The Kier molecular flexibility index (Phi) is 6.70. The lowest BCUT2D eigenvalue weighted by Gasteiger charge is -2.27. The summed E-state index contributed by atoms with van der Waals surface area (Å²) in [5, 5.41) is 0. The van der Waals surface area contributed by atoms with Crippen LogP contribution in [0.5, 0.6) is 0 Å². The minimum atomic E-state index is -3.69. The molecule has 0 bridgehead atoms. The Balaban J connectivity index is 2.40. The highest BCUT2D eigenvalue weighted by atomic mass is 32.2. The molecule has 0 aromatic heterocycles. The van der Waals surface area contributed by atoms with Gasteiger partial charge in [-0.05, 0) is 38.0 Å². The van der Waals surface area contributed by atoms with Crippen LogP contribution in [0.3, 0.4) is 0 Å². The number of carbonyl (C=O) groups excluding carboxylic acids is 1. The Hall–Kier alpha value is -1.45. The molecule has 0 spiro atoms. The minimum absolute atomic E-state index is 0.0386. The predicted molar refractivity (Wildman–Crippen MR) is 105 cm³/mol. The van der Waals surface area contributed by atoms with Gasteiger partial charge in [-0.2, -0.15) is 4.31 Å². The standard InChI is InChI=1S/C18H28N2O5S2/c1-5-19(6-2)27(24,25)17-12-15(9-8-14(17)4)18(21)20(7-3)16-10-11-26(22,23)13-16/h8-9,12,16H,5-7,10-11,13H2,1-4H3/t16-/m0/s1. The summed E-state index contributed by atoms with van der Waals surface area (Å²) >= 11 is 0. The molecule has 1 amide bonds. The van der Waals surface area contributed by atoms with Gasteiger partial charge in [0.05, 0.1) is 16.4 Å². The van der Waals surface area contributed by atoms with Crippen molar-refractivity contribution >= 4 is 25.8 Å².